The van der Waals surface area contributed by atoms with Crippen molar-refractivity contribution in [3.63, 3.8) is 0 Å². The Bertz CT molecular complexity index is 624. The van der Waals surface area contributed by atoms with Gasteiger partial charge in [0, 0.05) is 25.0 Å². The molecule has 20 heavy (non-hydrogen) atoms. The van der Waals surface area contributed by atoms with Gasteiger partial charge in [0.1, 0.15) is 5.75 Å². The monoisotopic (exact) mass is 272 g/mol. The molecule has 0 atom stereocenters. The number of carboxylic acids is 1. The van der Waals surface area contributed by atoms with Crippen molar-refractivity contribution in [2.45, 2.75) is 6.54 Å². The van der Waals surface area contributed by atoms with E-state index >= 15 is 0 Å². The molecule has 0 bridgehead atoms. The van der Waals surface area contributed by atoms with Crippen LogP contribution in [-0.4, -0.2) is 23.2 Å². The highest BCUT2D eigenvalue weighted by atomic mass is 16.4. The highest BCUT2D eigenvalue weighted by molar-refractivity contribution is 5.95. The number of hydrogen-bond acceptors (Lipinski definition) is 4. The van der Waals surface area contributed by atoms with Crippen LogP contribution >= 0.6 is 0 Å². The van der Waals surface area contributed by atoms with Crippen molar-refractivity contribution >= 4 is 17.3 Å². The van der Waals surface area contributed by atoms with Crippen LogP contribution in [0.3, 0.4) is 0 Å². The minimum atomic E-state index is -1.03. The van der Waals surface area contributed by atoms with Gasteiger partial charge in [-0.2, -0.15) is 0 Å². The number of nitrogens with two attached hydrogens (primary N) is 1. The highest BCUT2D eigenvalue weighted by Crippen LogP contribution is 2.22. The first-order valence-electron chi connectivity index (χ1n) is 6.10. The van der Waals surface area contributed by atoms with Crippen molar-refractivity contribution in [3.8, 4) is 5.75 Å². The molecule has 0 aliphatic rings. The Kier molecular flexibility index (Phi) is 3.79. The van der Waals surface area contributed by atoms with Gasteiger partial charge >= 0.3 is 5.97 Å². The van der Waals surface area contributed by atoms with Crippen LogP contribution in [0.25, 0.3) is 0 Å². The summed E-state index contributed by atoms with van der Waals surface area (Å²) in [6.45, 7) is 0.414. The van der Waals surface area contributed by atoms with E-state index in [0.29, 0.717) is 12.1 Å². The Morgan fingerprint density at radius 1 is 1.20 bits per heavy atom. The second kappa shape index (κ2) is 5.52. The summed E-state index contributed by atoms with van der Waals surface area (Å²) in [5, 5.41) is 18.5. The Hall–Kier alpha value is -2.69. The van der Waals surface area contributed by atoms with Crippen LogP contribution < -0.4 is 10.6 Å². The van der Waals surface area contributed by atoms with E-state index in [0.717, 1.165) is 5.69 Å². The second-order valence-corrected chi connectivity index (χ2v) is 4.56. The van der Waals surface area contributed by atoms with Crippen LogP contribution in [0, 0.1) is 0 Å². The number of hydrogen-bond donors (Lipinski definition) is 3. The Balaban J connectivity index is 2.28. The molecule has 0 saturated carbocycles. The van der Waals surface area contributed by atoms with Crippen LogP contribution in [0.4, 0.5) is 11.4 Å². The molecular formula is C15H16N2O3. The molecule has 5 heteroatoms. The molecule has 2 aromatic rings. The van der Waals surface area contributed by atoms with Gasteiger partial charge in [0.2, 0.25) is 0 Å². The Morgan fingerprint density at radius 2 is 1.85 bits per heavy atom. The van der Waals surface area contributed by atoms with Crippen molar-refractivity contribution in [1.82, 2.24) is 0 Å². The number of nitrogens with zero attached hydrogens (tertiary/aromatic N) is 1. The zero-order chi connectivity index (χ0) is 14.7. The number of anilines is 2. The molecule has 104 valence electrons. The molecular weight excluding hydrogens is 256 g/mol. The van der Waals surface area contributed by atoms with Crippen LogP contribution in [0.1, 0.15) is 15.9 Å². The smallest absolute Gasteiger partial charge is 0.338 e. The van der Waals surface area contributed by atoms with Crippen molar-refractivity contribution in [2.24, 2.45) is 0 Å². The number of carboxylic acid groups (broad SMARTS) is 1. The number of benzene rings is 2. The molecule has 0 aliphatic heterocycles. The molecule has 0 aliphatic carbocycles. The maximum atomic E-state index is 11.3. The molecule has 2 rings (SSSR count). The molecule has 0 unspecified atom stereocenters. The van der Waals surface area contributed by atoms with Crippen LogP contribution in [0.5, 0.6) is 5.75 Å². The number of carbonyl (C=O) groups is 1. The quantitative estimate of drug-likeness (QED) is 0.743. The molecule has 0 saturated heterocycles. The minimum absolute atomic E-state index is 0.137. The van der Waals surface area contributed by atoms with E-state index in [9.17, 15) is 15.0 Å². The summed E-state index contributed by atoms with van der Waals surface area (Å²) in [5.74, 6) is -0.838. The van der Waals surface area contributed by atoms with Crippen molar-refractivity contribution in [1.29, 1.82) is 0 Å². The van der Waals surface area contributed by atoms with E-state index in [4.69, 9.17) is 5.73 Å². The lowest BCUT2D eigenvalue weighted by Crippen LogP contribution is -2.19. The van der Waals surface area contributed by atoms with Gasteiger partial charge < -0.3 is 20.8 Å². The summed E-state index contributed by atoms with van der Waals surface area (Å²) in [6.07, 6.45) is 0. The lowest BCUT2D eigenvalue weighted by Gasteiger charge is -2.21. The highest BCUT2D eigenvalue weighted by Gasteiger charge is 2.15. The summed E-state index contributed by atoms with van der Waals surface area (Å²) in [4.78, 5) is 13.2. The maximum absolute atomic E-state index is 11.3. The third-order valence-electron chi connectivity index (χ3n) is 3.09. The maximum Gasteiger partial charge on any atom is 0.338 e. The zero-order valence-corrected chi connectivity index (χ0v) is 11.1. The third kappa shape index (κ3) is 2.83. The number of phenolic OH excluding ortho intramolecular Hbond substituents is 1. The molecule has 4 N–H and O–H groups in total. The first-order valence-corrected chi connectivity index (χ1v) is 6.10. The molecule has 0 heterocycles. The Morgan fingerprint density at radius 3 is 2.45 bits per heavy atom. The van der Waals surface area contributed by atoms with Crippen LogP contribution in [-0.2, 0) is 6.54 Å². The van der Waals surface area contributed by atoms with Gasteiger partial charge in [0.15, 0.2) is 0 Å². The largest absolute Gasteiger partial charge is 0.508 e. The van der Waals surface area contributed by atoms with E-state index in [1.54, 1.807) is 42.5 Å². The van der Waals surface area contributed by atoms with Gasteiger partial charge in [-0.25, -0.2) is 4.79 Å². The van der Waals surface area contributed by atoms with Gasteiger partial charge in [0.25, 0.3) is 0 Å². The molecule has 0 amide bonds. The van der Waals surface area contributed by atoms with Gasteiger partial charge in [-0.3, -0.25) is 0 Å². The van der Waals surface area contributed by atoms with E-state index in [-0.39, 0.29) is 17.0 Å². The third-order valence-corrected chi connectivity index (χ3v) is 3.09. The average molecular weight is 272 g/mol. The van der Waals surface area contributed by atoms with Gasteiger partial charge in [-0.05, 0) is 35.9 Å². The summed E-state index contributed by atoms with van der Waals surface area (Å²) >= 11 is 0. The number of aromatic carboxylic acids is 1. The molecule has 2 aromatic carbocycles. The van der Waals surface area contributed by atoms with Crippen LogP contribution in [0.2, 0.25) is 0 Å². The summed E-state index contributed by atoms with van der Waals surface area (Å²) in [6, 6.07) is 11.8. The summed E-state index contributed by atoms with van der Waals surface area (Å²) < 4.78 is 0. The number of rotatable bonds is 4. The fourth-order valence-corrected chi connectivity index (χ4v) is 2.07. The van der Waals surface area contributed by atoms with E-state index in [1.165, 1.54) is 0 Å². The van der Waals surface area contributed by atoms with Gasteiger partial charge in [0.05, 0.1) is 5.56 Å². The summed E-state index contributed by atoms with van der Waals surface area (Å²) in [5.41, 5.74) is 7.64. The minimum Gasteiger partial charge on any atom is -0.508 e. The molecule has 0 fully saturated rings. The van der Waals surface area contributed by atoms with Crippen molar-refractivity contribution in [2.75, 3.05) is 17.7 Å². The first kappa shape index (κ1) is 13.7. The van der Waals surface area contributed by atoms with Gasteiger partial charge in [-0.1, -0.05) is 12.1 Å². The predicted molar refractivity (Wildman–Crippen MR) is 78.0 cm³/mol. The summed E-state index contributed by atoms with van der Waals surface area (Å²) in [7, 11) is 1.85. The standard InChI is InChI=1S/C15H16N2O3/c1-17(11-5-7-12(18)8-6-11)9-10-3-2-4-13(16)14(10)15(19)20/h2-8,18H,9,16H2,1H3,(H,19,20). The average Bonchev–Trinajstić information content (AvgIpc) is 2.39. The van der Waals surface area contributed by atoms with Crippen LogP contribution in [0.15, 0.2) is 42.5 Å². The predicted octanol–water partition coefficient (Wildman–Crippen LogP) is 2.31. The Labute approximate surface area is 116 Å². The van der Waals surface area contributed by atoms with E-state index in [1.807, 2.05) is 11.9 Å². The number of phenols is 1. The van der Waals surface area contributed by atoms with Crippen molar-refractivity contribution in [3.05, 3.63) is 53.6 Å². The molecule has 0 spiro atoms. The van der Waals surface area contributed by atoms with E-state index in [2.05, 4.69) is 0 Å². The lowest BCUT2D eigenvalue weighted by atomic mass is 10.0. The SMILES string of the molecule is CN(Cc1cccc(N)c1C(=O)O)c1ccc(O)cc1. The normalized spacial score (nSPS) is 10.2. The van der Waals surface area contributed by atoms with Crippen molar-refractivity contribution < 1.29 is 15.0 Å². The second-order valence-electron chi connectivity index (χ2n) is 4.56. The first-order chi connectivity index (χ1) is 9.49. The number of aromatic hydroxyl groups is 1. The fraction of sp³-hybridized carbons (Fsp3) is 0.133. The van der Waals surface area contributed by atoms with E-state index < -0.39 is 5.97 Å². The molecule has 0 aromatic heterocycles. The zero-order valence-electron chi connectivity index (χ0n) is 11.1. The molecule has 0 radical (unpaired) electrons. The topological polar surface area (TPSA) is 86.8 Å². The number of nitrogen functional groups attached to an aromatic ring is 1. The van der Waals surface area contributed by atoms with Gasteiger partial charge in [-0.15, -0.1) is 0 Å². The molecule has 5 nitrogen and oxygen atoms in total. The lowest BCUT2D eigenvalue weighted by molar-refractivity contribution is 0.0697. The fourth-order valence-electron chi connectivity index (χ4n) is 2.07.